The molecule has 21 heavy (non-hydrogen) atoms. The van der Waals surface area contributed by atoms with E-state index >= 15 is 0 Å². The molecule has 6 heteroatoms. The van der Waals surface area contributed by atoms with Crippen molar-refractivity contribution in [2.75, 3.05) is 33.3 Å². The summed E-state index contributed by atoms with van der Waals surface area (Å²) < 4.78 is 31.8. The minimum atomic E-state index is -0.600. The average Bonchev–Trinajstić information content (AvgIpc) is 2.42. The normalized spacial score (nSPS) is 19.1. The molecule has 1 atom stereocenters. The van der Waals surface area contributed by atoms with Crippen LogP contribution in [-0.4, -0.2) is 55.1 Å². The van der Waals surface area contributed by atoms with E-state index in [1.807, 2.05) is 6.92 Å². The minimum Gasteiger partial charge on any atom is -0.375 e. The highest BCUT2D eigenvalue weighted by Gasteiger charge is 2.22. The average molecular weight is 298 g/mol. The van der Waals surface area contributed by atoms with Gasteiger partial charge in [-0.1, -0.05) is 6.07 Å². The Kier molecular flexibility index (Phi) is 5.25. The Morgan fingerprint density at radius 1 is 1.48 bits per heavy atom. The molecule has 0 aromatic heterocycles. The summed E-state index contributed by atoms with van der Waals surface area (Å²) in [5.74, 6) is -1.19. The number of nitrogens with zero attached hydrogens (tertiary/aromatic N) is 2. The molecule has 1 fully saturated rings. The van der Waals surface area contributed by atoms with Crippen molar-refractivity contribution < 1.29 is 18.3 Å². The van der Waals surface area contributed by atoms with Crippen molar-refractivity contribution in [1.29, 1.82) is 0 Å². The van der Waals surface area contributed by atoms with Crippen LogP contribution in [0.15, 0.2) is 18.2 Å². The number of ether oxygens (including phenoxy) is 1. The molecule has 116 valence electrons. The summed E-state index contributed by atoms with van der Waals surface area (Å²) in [5, 5.41) is 0. The lowest BCUT2D eigenvalue weighted by Crippen LogP contribution is -2.47. The maximum Gasteiger partial charge on any atom is 0.236 e. The molecule has 0 N–H and O–H groups in total. The highest BCUT2D eigenvalue weighted by atomic mass is 19.1. The molecule has 1 aliphatic rings. The lowest BCUT2D eigenvalue weighted by molar-refractivity contribution is -0.139. The van der Waals surface area contributed by atoms with Crippen molar-refractivity contribution in [2.24, 2.45) is 0 Å². The van der Waals surface area contributed by atoms with Gasteiger partial charge in [-0.3, -0.25) is 9.69 Å². The third kappa shape index (κ3) is 4.47. The quantitative estimate of drug-likeness (QED) is 0.847. The second-order valence-electron chi connectivity index (χ2n) is 5.43. The van der Waals surface area contributed by atoms with Crippen LogP contribution in [0.2, 0.25) is 0 Å². The SMILES string of the molecule is C[C@@H]1CN(C(=O)CN(C)Cc2ccc(F)cc2F)CCO1. The smallest absolute Gasteiger partial charge is 0.236 e. The molecular formula is C15H20F2N2O2. The molecular weight excluding hydrogens is 278 g/mol. The highest BCUT2D eigenvalue weighted by molar-refractivity contribution is 5.78. The number of likely N-dealkylation sites (N-methyl/N-ethyl adjacent to an activating group) is 1. The largest absolute Gasteiger partial charge is 0.375 e. The van der Waals surface area contributed by atoms with Crippen LogP contribution in [0.3, 0.4) is 0 Å². The van der Waals surface area contributed by atoms with Gasteiger partial charge in [0.25, 0.3) is 0 Å². The van der Waals surface area contributed by atoms with E-state index in [1.54, 1.807) is 16.8 Å². The fraction of sp³-hybridized carbons (Fsp3) is 0.533. The van der Waals surface area contributed by atoms with Crippen LogP contribution in [0.4, 0.5) is 8.78 Å². The van der Waals surface area contributed by atoms with Gasteiger partial charge in [0.05, 0.1) is 19.3 Å². The van der Waals surface area contributed by atoms with Gasteiger partial charge < -0.3 is 9.64 Å². The second kappa shape index (κ2) is 6.95. The van der Waals surface area contributed by atoms with E-state index in [0.717, 1.165) is 6.07 Å². The predicted octanol–water partition coefficient (Wildman–Crippen LogP) is 1.64. The molecule has 1 aromatic rings. The lowest BCUT2D eigenvalue weighted by atomic mass is 10.2. The van der Waals surface area contributed by atoms with Gasteiger partial charge >= 0.3 is 0 Å². The zero-order chi connectivity index (χ0) is 15.4. The zero-order valence-corrected chi connectivity index (χ0v) is 12.3. The Morgan fingerprint density at radius 3 is 2.90 bits per heavy atom. The predicted molar refractivity (Wildman–Crippen MR) is 74.7 cm³/mol. The van der Waals surface area contributed by atoms with Gasteiger partial charge in [0.1, 0.15) is 11.6 Å². The summed E-state index contributed by atoms with van der Waals surface area (Å²) in [7, 11) is 1.74. The van der Waals surface area contributed by atoms with Crippen LogP contribution >= 0.6 is 0 Å². The van der Waals surface area contributed by atoms with E-state index in [4.69, 9.17) is 4.74 Å². The Labute approximate surface area is 123 Å². The maximum atomic E-state index is 13.6. The molecule has 1 aliphatic heterocycles. The van der Waals surface area contributed by atoms with Gasteiger partial charge in [0, 0.05) is 31.3 Å². The Morgan fingerprint density at radius 2 is 2.24 bits per heavy atom. The molecule has 1 heterocycles. The number of carbonyl (C=O) groups excluding carboxylic acids is 1. The number of benzene rings is 1. The summed E-state index contributed by atoms with van der Waals surface area (Å²) >= 11 is 0. The van der Waals surface area contributed by atoms with Crippen molar-refractivity contribution in [3.8, 4) is 0 Å². The zero-order valence-electron chi connectivity index (χ0n) is 12.3. The molecule has 0 radical (unpaired) electrons. The van der Waals surface area contributed by atoms with Crippen LogP contribution in [-0.2, 0) is 16.1 Å². The third-order valence-electron chi connectivity index (χ3n) is 3.45. The first-order valence-electron chi connectivity index (χ1n) is 6.97. The topological polar surface area (TPSA) is 32.8 Å². The molecule has 0 aliphatic carbocycles. The van der Waals surface area contributed by atoms with Crippen molar-refractivity contribution in [2.45, 2.75) is 19.6 Å². The maximum absolute atomic E-state index is 13.6. The fourth-order valence-electron chi connectivity index (χ4n) is 2.37. The van der Waals surface area contributed by atoms with Crippen molar-refractivity contribution in [3.63, 3.8) is 0 Å². The van der Waals surface area contributed by atoms with Crippen LogP contribution in [0.1, 0.15) is 12.5 Å². The number of hydrogen-bond donors (Lipinski definition) is 0. The number of halogens is 2. The number of hydrogen-bond acceptors (Lipinski definition) is 3. The first-order valence-corrected chi connectivity index (χ1v) is 6.97. The molecule has 2 rings (SSSR count). The van der Waals surface area contributed by atoms with Crippen molar-refractivity contribution in [1.82, 2.24) is 9.80 Å². The molecule has 1 aromatic carbocycles. The van der Waals surface area contributed by atoms with Gasteiger partial charge in [-0.25, -0.2) is 8.78 Å². The van der Waals surface area contributed by atoms with Crippen LogP contribution < -0.4 is 0 Å². The first kappa shape index (κ1) is 15.9. The summed E-state index contributed by atoms with van der Waals surface area (Å²) in [4.78, 5) is 15.6. The van der Waals surface area contributed by atoms with Crippen molar-refractivity contribution in [3.05, 3.63) is 35.4 Å². The summed E-state index contributed by atoms with van der Waals surface area (Å²) in [6.45, 7) is 4.10. The van der Waals surface area contributed by atoms with Gasteiger partial charge in [-0.15, -0.1) is 0 Å². The summed E-state index contributed by atoms with van der Waals surface area (Å²) in [6.07, 6.45) is 0.0440. The minimum absolute atomic E-state index is 0.00447. The molecule has 1 amide bonds. The standard InChI is InChI=1S/C15H20F2N2O2/c1-11-8-19(5-6-21-11)15(20)10-18(2)9-12-3-4-13(16)7-14(12)17/h3-4,7,11H,5-6,8-10H2,1-2H3/t11-/m1/s1. The Balaban J connectivity index is 1.88. The van der Waals surface area contributed by atoms with Crippen LogP contribution in [0, 0.1) is 11.6 Å². The fourth-order valence-corrected chi connectivity index (χ4v) is 2.37. The monoisotopic (exact) mass is 298 g/mol. The second-order valence-corrected chi connectivity index (χ2v) is 5.43. The van der Waals surface area contributed by atoms with Crippen LogP contribution in [0.25, 0.3) is 0 Å². The molecule has 1 saturated heterocycles. The number of amides is 1. The summed E-state index contributed by atoms with van der Waals surface area (Å²) in [5.41, 5.74) is 0.377. The van der Waals surface area contributed by atoms with E-state index in [9.17, 15) is 13.6 Å². The van der Waals surface area contributed by atoms with E-state index in [1.165, 1.54) is 12.1 Å². The lowest BCUT2D eigenvalue weighted by Gasteiger charge is -2.32. The first-order chi connectivity index (χ1) is 9.95. The van der Waals surface area contributed by atoms with Crippen molar-refractivity contribution >= 4 is 5.91 Å². The van der Waals surface area contributed by atoms with Gasteiger partial charge in [-0.2, -0.15) is 0 Å². The van der Waals surface area contributed by atoms with Gasteiger partial charge in [-0.05, 0) is 20.0 Å². The number of rotatable bonds is 4. The molecule has 0 saturated carbocycles. The van der Waals surface area contributed by atoms with E-state index in [0.29, 0.717) is 25.3 Å². The molecule has 4 nitrogen and oxygen atoms in total. The molecule has 0 bridgehead atoms. The highest BCUT2D eigenvalue weighted by Crippen LogP contribution is 2.12. The molecule has 0 unspecified atom stereocenters. The van der Waals surface area contributed by atoms with Gasteiger partial charge in [0.15, 0.2) is 0 Å². The summed E-state index contributed by atoms with van der Waals surface area (Å²) in [6, 6.07) is 3.48. The van der Waals surface area contributed by atoms with Gasteiger partial charge in [0.2, 0.25) is 5.91 Å². The third-order valence-corrected chi connectivity index (χ3v) is 3.45. The van der Waals surface area contributed by atoms with E-state index in [-0.39, 0.29) is 25.1 Å². The Bertz CT molecular complexity index is 510. The van der Waals surface area contributed by atoms with E-state index < -0.39 is 11.6 Å². The van der Waals surface area contributed by atoms with E-state index in [2.05, 4.69) is 0 Å². The van der Waals surface area contributed by atoms with Crippen LogP contribution in [0.5, 0.6) is 0 Å². The number of morpholine rings is 1. The number of carbonyl (C=O) groups is 1. The molecule has 0 spiro atoms. The Hall–Kier alpha value is -1.53.